The zero-order chi connectivity index (χ0) is 13.8. The maximum absolute atomic E-state index is 13.3. The van der Waals surface area contributed by atoms with Crippen molar-refractivity contribution in [2.24, 2.45) is 0 Å². The van der Waals surface area contributed by atoms with Crippen LogP contribution in [0.1, 0.15) is 5.56 Å². The Kier molecular flexibility index (Phi) is 5.51. The third kappa shape index (κ3) is 4.52. The van der Waals surface area contributed by atoms with Crippen LogP contribution in [-0.4, -0.2) is 28.7 Å². The normalized spacial score (nSPS) is 11.6. The second kappa shape index (κ2) is 6.46. The Morgan fingerprint density at radius 1 is 1.44 bits per heavy atom. The van der Waals surface area contributed by atoms with Crippen LogP contribution in [0.25, 0.3) is 0 Å². The smallest absolute Gasteiger partial charge is 0.299 e. The van der Waals surface area contributed by atoms with E-state index in [9.17, 15) is 12.8 Å². The number of methoxy groups -OCH3 is 1. The van der Waals surface area contributed by atoms with Crippen molar-refractivity contribution >= 4 is 31.8 Å². The number of benzene rings is 1. The summed E-state index contributed by atoms with van der Waals surface area (Å²) in [5.41, 5.74) is 0.806. The van der Waals surface area contributed by atoms with Crippen molar-refractivity contribution in [1.29, 1.82) is 0 Å². The Hall–Kier alpha value is -0.700. The number of ether oxygens (including phenoxy) is 1. The molecule has 0 aliphatic carbocycles. The van der Waals surface area contributed by atoms with E-state index in [1.807, 2.05) is 0 Å². The van der Waals surface area contributed by atoms with Gasteiger partial charge >= 0.3 is 0 Å². The summed E-state index contributed by atoms with van der Waals surface area (Å²) >= 11 is 3.03. The molecule has 102 valence electrons. The average Bonchev–Trinajstić information content (AvgIpc) is 2.26. The molecule has 0 radical (unpaired) electrons. The summed E-state index contributed by atoms with van der Waals surface area (Å²) in [5.74, 6) is -0.532. The molecule has 18 heavy (non-hydrogen) atoms. The lowest BCUT2D eigenvalue weighted by Crippen LogP contribution is -2.32. The first-order valence-electron chi connectivity index (χ1n) is 5.07. The van der Waals surface area contributed by atoms with Gasteiger partial charge in [0, 0.05) is 13.7 Å². The number of aryl methyl sites for hydroxylation is 1. The maximum Gasteiger partial charge on any atom is 0.299 e. The largest absolute Gasteiger partial charge is 0.383 e. The molecule has 0 unspecified atom stereocenters. The predicted molar refractivity (Wildman–Crippen MR) is 71.3 cm³/mol. The molecule has 1 rings (SSSR count). The first-order valence-corrected chi connectivity index (χ1v) is 7.35. The van der Waals surface area contributed by atoms with Gasteiger partial charge in [-0.2, -0.15) is 13.1 Å². The van der Waals surface area contributed by atoms with Crippen molar-refractivity contribution in [3.63, 3.8) is 0 Å². The molecule has 0 heterocycles. The summed E-state index contributed by atoms with van der Waals surface area (Å²) in [6, 6.07) is 2.62. The van der Waals surface area contributed by atoms with Crippen LogP contribution >= 0.6 is 15.9 Å². The summed E-state index contributed by atoms with van der Waals surface area (Å²) in [5, 5.41) is 0. The van der Waals surface area contributed by atoms with Crippen LogP contribution in [0.4, 0.5) is 10.1 Å². The Balaban J connectivity index is 2.81. The first kappa shape index (κ1) is 15.4. The highest BCUT2D eigenvalue weighted by Gasteiger charge is 2.12. The maximum atomic E-state index is 13.3. The van der Waals surface area contributed by atoms with E-state index in [4.69, 9.17) is 4.74 Å². The van der Waals surface area contributed by atoms with Gasteiger partial charge in [-0.25, -0.2) is 4.39 Å². The van der Waals surface area contributed by atoms with Crippen LogP contribution in [0.2, 0.25) is 0 Å². The summed E-state index contributed by atoms with van der Waals surface area (Å²) in [4.78, 5) is 0. The Labute approximate surface area is 114 Å². The molecule has 8 heteroatoms. The lowest BCUT2D eigenvalue weighted by molar-refractivity contribution is 0.204. The monoisotopic (exact) mass is 340 g/mol. The summed E-state index contributed by atoms with van der Waals surface area (Å²) < 4.78 is 46.1. The van der Waals surface area contributed by atoms with E-state index in [1.54, 1.807) is 6.92 Å². The number of hydrogen-bond donors (Lipinski definition) is 2. The van der Waals surface area contributed by atoms with E-state index in [0.29, 0.717) is 5.56 Å². The molecule has 0 spiro atoms. The lowest BCUT2D eigenvalue weighted by Gasteiger charge is -2.12. The fourth-order valence-electron chi connectivity index (χ4n) is 1.22. The van der Waals surface area contributed by atoms with Crippen LogP contribution in [0.15, 0.2) is 16.6 Å². The van der Waals surface area contributed by atoms with Crippen molar-refractivity contribution in [3.05, 3.63) is 28.0 Å². The van der Waals surface area contributed by atoms with E-state index in [-0.39, 0.29) is 23.3 Å². The molecular weight excluding hydrogens is 327 g/mol. The lowest BCUT2D eigenvalue weighted by atomic mass is 10.2. The fourth-order valence-corrected chi connectivity index (χ4v) is 2.61. The van der Waals surface area contributed by atoms with E-state index in [2.05, 4.69) is 25.4 Å². The first-order chi connectivity index (χ1) is 8.35. The van der Waals surface area contributed by atoms with Crippen molar-refractivity contribution in [1.82, 2.24) is 4.72 Å². The summed E-state index contributed by atoms with van der Waals surface area (Å²) in [6.45, 7) is 2.08. The van der Waals surface area contributed by atoms with Gasteiger partial charge in [0.2, 0.25) is 0 Å². The van der Waals surface area contributed by atoms with E-state index >= 15 is 0 Å². The van der Waals surface area contributed by atoms with Gasteiger partial charge in [0.05, 0.1) is 16.8 Å². The standard InChI is InChI=1S/C10H14BrFN2O3S/c1-7-5-8(11)9(12)6-10(7)14-18(15,16)13-3-4-17-2/h5-6,13-14H,3-4H2,1-2H3. The van der Waals surface area contributed by atoms with Gasteiger partial charge in [-0.3, -0.25) is 4.72 Å². The SMILES string of the molecule is COCCNS(=O)(=O)Nc1cc(F)c(Br)cc1C. The van der Waals surface area contributed by atoms with Crippen LogP contribution in [0.3, 0.4) is 0 Å². The number of hydrogen-bond acceptors (Lipinski definition) is 3. The fraction of sp³-hybridized carbons (Fsp3) is 0.400. The molecule has 0 aliphatic heterocycles. The van der Waals surface area contributed by atoms with Gasteiger partial charge in [-0.05, 0) is 40.5 Å². The van der Waals surface area contributed by atoms with Gasteiger partial charge in [-0.15, -0.1) is 0 Å². The Bertz CT molecular complexity index is 522. The molecule has 5 nitrogen and oxygen atoms in total. The highest BCUT2D eigenvalue weighted by Crippen LogP contribution is 2.24. The minimum absolute atomic E-state index is 0.143. The van der Waals surface area contributed by atoms with Crippen molar-refractivity contribution < 1.29 is 17.5 Å². The number of anilines is 1. The molecule has 0 fully saturated rings. The average molecular weight is 341 g/mol. The molecule has 0 amide bonds. The summed E-state index contributed by atoms with van der Waals surface area (Å²) in [6.07, 6.45) is 0. The highest BCUT2D eigenvalue weighted by atomic mass is 79.9. The highest BCUT2D eigenvalue weighted by molar-refractivity contribution is 9.10. The van der Waals surface area contributed by atoms with Crippen molar-refractivity contribution in [2.45, 2.75) is 6.92 Å². The minimum Gasteiger partial charge on any atom is -0.383 e. The quantitative estimate of drug-likeness (QED) is 0.776. The Morgan fingerprint density at radius 2 is 2.11 bits per heavy atom. The topological polar surface area (TPSA) is 67.4 Å². The molecule has 0 bridgehead atoms. The second-order valence-corrected chi connectivity index (χ2v) is 5.93. The minimum atomic E-state index is -3.72. The number of nitrogens with one attached hydrogen (secondary N) is 2. The predicted octanol–water partition coefficient (Wildman–Crippen LogP) is 1.79. The van der Waals surface area contributed by atoms with Crippen molar-refractivity contribution in [3.8, 4) is 0 Å². The second-order valence-electron chi connectivity index (χ2n) is 3.57. The number of halogens is 2. The van der Waals surface area contributed by atoms with Crippen LogP contribution in [0, 0.1) is 12.7 Å². The molecule has 1 aromatic carbocycles. The molecule has 0 aliphatic rings. The van der Waals surface area contributed by atoms with Gasteiger partial charge in [0.25, 0.3) is 10.2 Å². The molecule has 0 aromatic heterocycles. The Morgan fingerprint density at radius 3 is 2.72 bits per heavy atom. The third-order valence-electron chi connectivity index (χ3n) is 2.11. The molecular formula is C10H14BrFN2O3S. The van der Waals surface area contributed by atoms with E-state index < -0.39 is 16.0 Å². The van der Waals surface area contributed by atoms with Crippen LogP contribution in [-0.2, 0) is 14.9 Å². The van der Waals surface area contributed by atoms with E-state index in [0.717, 1.165) is 6.07 Å². The molecule has 2 N–H and O–H groups in total. The molecule has 0 saturated carbocycles. The zero-order valence-corrected chi connectivity index (χ0v) is 12.4. The van der Waals surface area contributed by atoms with Gasteiger partial charge in [0.15, 0.2) is 0 Å². The molecule has 0 saturated heterocycles. The summed E-state index contributed by atoms with van der Waals surface area (Å²) in [7, 11) is -2.25. The van der Waals surface area contributed by atoms with Crippen LogP contribution in [0.5, 0.6) is 0 Å². The van der Waals surface area contributed by atoms with Gasteiger partial charge < -0.3 is 4.74 Å². The molecule has 1 aromatic rings. The van der Waals surface area contributed by atoms with Gasteiger partial charge in [-0.1, -0.05) is 0 Å². The van der Waals surface area contributed by atoms with E-state index in [1.165, 1.54) is 13.2 Å². The van der Waals surface area contributed by atoms with Crippen molar-refractivity contribution in [2.75, 3.05) is 25.0 Å². The molecule has 0 atom stereocenters. The van der Waals surface area contributed by atoms with Gasteiger partial charge in [0.1, 0.15) is 5.82 Å². The number of rotatable bonds is 6. The van der Waals surface area contributed by atoms with Crippen LogP contribution < -0.4 is 9.44 Å². The zero-order valence-electron chi connectivity index (χ0n) is 9.96. The third-order valence-corrected chi connectivity index (χ3v) is 3.79.